The molecule has 0 aromatic carbocycles. The van der Waals surface area contributed by atoms with Gasteiger partial charge < -0.3 is 15.3 Å². The summed E-state index contributed by atoms with van der Waals surface area (Å²) in [6, 6.07) is 1.50. The van der Waals surface area contributed by atoms with Crippen molar-refractivity contribution < 1.29 is 14.7 Å². The summed E-state index contributed by atoms with van der Waals surface area (Å²) in [7, 11) is 0. The van der Waals surface area contributed by atoms with Crippen LogP contribution in [-0.4, -0.2) is 41.5 Å². The smallest absolute Gasteiger partial charge is 0.338 e. The van der Waals surface area contributed by atoms with E-state index in [1.165, 1.54) is 30.2 Å². The van der Waals surface area contributed by atoms with E-state index in [9.17, 15) is 9.59 Å². The van der Waals surface area contributed by atoms with Gasteiger partial charge in [0.25, 0.3) is 0 Å². The number of rotatable bonds is 5. The van der Waals surface area contributed by atoms with Crippen molar-refractivity contribution in [2.24, 2.45) is 0 Å². The summed E-state index contributed by atoms with van der Waals surface area (Å²) >= 11 is 1.24. The Hall–Kier alpha value is -1.40. The lowest BCUT2D eigenvalue weighted by Crippen LogP contribution is -2.25. The van der Waals surface area contributed by atoms with Crippen molar-refractivity contribution in [2.75, 3.05) is 25.0 Å². The normalized spacial score (nSPS) is 15.8. The van der Waals surface area contributed by atoms with E-state index in [1.54, 1.807) is 5.38 Å². The summed E-state index contributed by atoms with van der Waals surface area (Å²) in [6.45, 7) is 2.87. The molecule has 1 aliphatic rings. The van der Waals surface area contributed by atoms with Crippen LogP contribution in [0.4, 0.5) is 5.00 Å². The quantitative estimate of drug-likeness (QED) is 0.855. The molecule has 0 spiro atoms. The van der Waals surface area contributed by atoms with Crippen molar-refractivity contribution in [1.82, 2.24) is 4.90 Å². The summed E-state index contributed by atoms with van der Waals surface area (Å²) in [4.78, 5) is 24.9. The average molecular weight is 268 g/mol. The Morgan fingerprint density at radius 2 is 2.11 bits per heavy atom. The van der Waals surface area contributed by atoms with Gasteiger partial charge in [-0.25, -0.2) is 4.79 Å². The lowest BCUT2D eigenvalue weighted by atomic mass is 10.3. The van der Waals surface area contributed by atoms with E-state index in [2.05, 4.69) is 10.2 Å². The second kappa shape index (κ2) is 5.97. The molecule has 0 aliphatic carbocycles. The summed E-state index contributed by atoms with van der Waals surface area (Å²) in [5.41, 5.74) is 0.162. The molecule has 1 aromatic heterocycles. The molecular weight excluding hydrogens is 252 g/mol. The maximum atomic E-state index is 11.7. The largest absolute Gasteiger partial charge is 0.478 e. The molecule has 1 aromatic rings. The van der Waals surface area contributed by atoms with E-state index in [0.717, 1.165) is 19.6 Å². The number of carboxylic acids is 1. The third-order valence-electron chi connectivity index (χ3n) is 3.00. The minimum Gasteiger partial charge on any atom is -0.478 e. The second-order valence-corrected chi connectivity index (χ2v) is 5.23. The summed E-state index contributed by atoms with van der Waals surface area (Å²) in [5.74, 6) is -1.13. The van der Waals surface area contributed by atoms with Crippen molar-refractivity contribution in [3.63, 3.8) is 0 Å². The van der Waals surface area contributed by atoms with Gasteiger partial charge in [-0.05, 0) is 37.4 Å². The highest BCUT2D eigenvalue weighted by molar-refractivity contribution is 7.14. The number of likely N-dealkylation sites (tertiary alicyclic amines) is 1. The van der Waals surface area contributed by atoms with Gasteiger partial charge >= 0.3 is 5.97 Å². The van der Waals surface area contributed by atoms with Crippen LogP contribution in [0.3, 0.4) is 0 Å². The Morgan fingerprint density at radius 1 is 1.39 bits per heavy atom. The molecule has 6 heteroatoms. The Kier molecular flexibility index (Phi) is 4.33. The van der Waals surface area contributed by atoms with Crippen molar-refractivity contribution in [3.8, 4) is 0 Å². The van der Waals surface area contributed by atoms with E-state index < -0.39 is 5.97 Å². The monoisotopic (exact) mass is 268 g/mol. The Balaban J connectivity index is 1.82. The standard InChI is InChI=1S/C12H16N2O3S/c15-10(3-7-14-5-1-2-6-14)13-11-9(12(16)17)4-8-18-11/h4,8H,1-3,5-7H2,(H,13,15)(H,16,17). The molecule has 1 fully saturated rings. The molecule has 0 atom stereocenters. The number of thiophene rings is 1. The molecule has 0 saturated carbocycles. The highest BCUT2D eigenvalue weighted by Crippen LogP contribution is 2.23. The number of nitrogens with one attached hydrogen (secondary N) is 1. The first kappa shape index (κ1) is 13.0. The summed E-state index contributed by atoms with van der Waals surface area (Å²) in [6.07, 6.45) is 2.82. The summed E-state index contributed by atoms with van der Waals surface area (Å²) < 4.78 is 0. The van der Waals surface area contributed by atoms with Crippen LogP contribution in [0, 0.1) is 0 Å². The molecule has 2 N–H and O–H groups in total. The molecule has 5 nitrogen and oxygen atoms in total. The molecule has 0 bridgehead atoms. The molecular formula is C12H16N2O3S. The highest BCUT2D eigenvalue weighted by atomic mass is 32.1. The molecule has 98 valence electrons. The van der Waals surface area contributed by atoms with Crippen LogP contribution in [0.25, 0.3) is 0 Å². The van der Waals surface area contributed by atoms with Crippen molar-refractivity contribution in [3.05, 3.63) is 17.0 Å². The molecule has 1 amide bonds. The maximum absolute atomic E-state index is 11.7. The van der Waals surface area contributed by atoms with E-state index in [-0.39, 0.29) is 11.5 Å². The van der Waals surface area contributed by atoms with E-state index in [0.29, 0.717) is 11.4 Å². The first-order chi connectivity index (χ1) is 8.66. The van der Waals surface area contributed by atoms with Gasteiger partial charge in [0, 0.05) is 13.0 Å². The van der Waals surface area contributed by atoms with Gasteiger partial charge in [0.15, 0.2) is 0 Å². The fourth-order valence-corrected chi connectivity index (χ4v) is 2.82. The number of nitrogens with zero attached hydrogens (tertiary/aromatic N) is 1. The zero-order valence-corrected chi connectivity index (χ0v) is 10.8. The first-order valence-electron chi connectivity index (χ1n) is 6.00. The number of anilines is 1. The van der Waals surface area contributed by atoms with Crippen LogP contribution in [0.1, 0.15) is 29.6 Å². The van der Waals surface area contributed by atoms with Crippen molar-refractivity contribution in [2.45, 2.75) is 19.3 Å². The molecule has 2 heterocycles. The highest BCUT2D eigenvalue weighted by Gasteiger charge is 2.16. The lowest BCUT2D eigenvalue weighted by Gasteiger charge is -2.13. The number of aromatic carboxylic acids is 1. The SMILES string of the molecule is O=C(CCN1CCCC1)Nc1sccc1C(=O)O. The third kappa shape index (κ3) is 3.30. The number of amides is 1. The van der Waals surface area contributed by atoms with Crippen LogP contribution in [0.5, 0.6) is 0 Å². The number of hydrogen-bond acceptors (Lipinski definition) is 4. The predicted octanol–water partition coefficient (Wildman–Crippen LogP) is 1.87. The Labute approximate surface area is 109 Å². The fraction of sp³-hybridized carbons (Fsp3) is 0.500. The minimum atomic E-state index is -1.01. The first-order valence-corrected chi connectivity index (χ1v) is 6.88. The van der Waals surface area contributed by atoms with Crippen molar-refractivity contribution in [1.29, 1.82) is 0 Å². The van der Waals surface area contributed by atoms with Crippen molar-refractivity contribution >= 4 is 28.2 Å². The van der Waals surface area contributed by atoms with Crippen LogP contribution < -0.4 is 5.32 Å². The molecule has 0 unspecified atom stereocenters. The Bertz CT molecular complexity index is 438. The van der Waals surface area contributed by atoms with Gasteiger partial charge in [0.05, 0.1) is 5.56 Å². The number of carbonyl (C=O) groups excluding carboxylic acids is 1. The molecule has 1 saturated heterocycles. The molecule has 1 aliphatic heterocycles. The minimum absolute atomic E-state index is 0.119. The van der Waals surface area contributed by atoms with E-state index in [1.807, 2.05) is 0 Å². The second-order valence-electron chi connectivity index (χ2n) is 4.32. The number of hydrogen-bond donors (Lipinski definition) is 2. The van der Waals surface area contributed by atoms with Gasteiger partial charge in [0.1, 0.15) is 5.00 Å². The number of carboxylic acid groups (broad SMARTS) is 1. The fourth-order valence-electron chi connectivity index (χ4n) is 2.03. The van der Waals surface area contributed by atoms with Gasteiger partial charge in [-0.2, -0.15) is 0 Å². The third-order valence-corrected chi connectivity index (χ3v) is 3.83. The zero-order valence-electron chi connectivity index (χ0n) is 10.0. The van der Waals surface area contributed by atoms with E-state index in [4.69, 9.17) is 5.11 Å². The summed E-state index contributed by atoms with van der Waals surface area (Å²) in [5, 5.41) is 13.7. The Morgan fingerprint density at radius 3 is 2.78 bits per heavy atom. The topological polar surface area (TPSA) is 69.6 Å². The van der Waals surface area contributed by atoms with Crippen LogP contribution in [0.2, 0.25) is 0 Å². The van der Waals surface area contributed by atoms with Crippen LogP contribution in [0.15, 0.2) is 11.4 Å². The van der Waals surface area contributed by atoms with Gasteiger partial charge in [-0.15, -0.1) is 11.3 Å². The van der Waals surface area contributed by atoms with Crippen LogP contribution >= 0.6 is 11.3 Å². The maximum Gasteiger partial charge on any atom is 0.338 e. The molecule has 0 radical (unpaired) electrons. The van der Waals surface area contributed by atoms with Crippen LogP contribution in [-0.2, 0) is 4.79 Å². The van der Waals surface area contributed by atoms with Gasteiger partial charge in [-0.1, -0.05) is 0 Å². The lowest BCUT2D eigenvalue weighted by molar-refractivity contribution is -0.116. The predicted molar refractivity (Wildman–Crippen MR) is 70.2 cm³/mol. The molecule has 18 heavy (non-hydrogen) atoms. The van der Waals surface area contributed by atoms with E-state index >= 15 is 0 Å². The zero-order chi connectivity index (χ0) is 13.0. The number of carbonyl (C=O) groups is 2. The average Bonchev–Trinajstić information content (AvgIpc) is 2.96. The van der Waals surface area contributed by atoms with Gasteiger partial charge in [-0.3, -0.25) is 4.79 Å². The van der Waals surface area contributed by atoms with Gasteiger partial charge in [0.2, 0.25) is 5.91 Å². The molecule has 2 rings (SSSR count).